The van der Waals surface area contributed by atoms with Crippen LogP contribution in [-0.4, -0.2) is 18.0 Å². The van der Waals surface area contributed by atoms with Crippen LogP contribution in [0.5, 0.6) is 0 Å². The molecule has 0 saturated heterocycles. The second-order valence-electron chi connectivity index (χ2n) is 5.94. The summed E-state index contributed by atoms with van der Waals surface area (Å²) in [5.41, 5.74) is 1.78. The molecule has 0 fully saturated rings. The number of carbonyl (C=O) groups is 2. The van der Waals surface area contributed by atoms with Crippen molar-refractivity contribution in [3.05, 3.63) is 64.7 Å². The molecule has 0 unspecified atom stereocenters. The number of ether oxygens (including phenoxy) is 1. The Morgan fingerprint density at radius 2 is 1.88 bits per heavy atom. The lowest BCUT2D eigenvalue weighted by atomic mass is 9.98. The highest BCUT2D eigenvalue weighted by molar-refractivity contribution is 6.32. The number of hydrogen-bond donors (Lipinski definition) is 1. The second kappa shape index (κ2) is 9.02. The van der Waals surface area contributed by atoms with Crippen LogP contribution >= 0.6 is 11.6 Å². The smallest absolute Gasteiger partial charge is 0.307 e. The van der Waals surface area contributed by atoms with Crippen LogP contribution < -0.4 is 5.32 Å². The zero-order valence-corrected chi connectivity index (χ0v) is 15.3. The quantitative estimate of drug-likeness (QED) is 0.770. The van der Waals surface area contributed by atoms with E-state index in [0.717, 1.165) is 5.56 Å². The Labute approximate surface area is 157 Å². The van der Waals surface area contributed by atoms with E-state index in [1.165, 1.54) is 19.1 Å². The predicted molar refractivity (Wildman–Crippen MR) is 99.8 cm³/mol. The molecule has 0 aliphatic rings. The molecule has 0 radical (unpaired) electrons. The summed E-state index contributed by atoms with van der Waals surface area (Å²) in [6.07, 6.45) is -0.760. The molecule has 0 aromatic heterocycles. The number of nitriles is 1. The van der Waals surface area contributed by atoms with Gasteiger partial charge in [-0.2, -0.15) is 5.26 Å². The number of benzene rings is 2. The zero-order valence-electron chi connectivity index (χ0n) is 14.5. The van der Waals surface area contributed by atoms with Gasteiger partial charge in [0, 0.05) is 5.69 Å². The molecule has 2 atom stereocenters. The molecular weight excluding hydrogens is 352 g/mol. The zero-order chi connectivity index (χ0) is 19.1. The normalized spacial score (nSPS) is 12.5. The maximum absolute atomic E-state index is 12.2. The summed E-state index contributed by atoms with van der Waals surface area (Å²) in [5.74, 6) is -0.912. The van der Waals surface area contributed by atoms with E-state index >= 15 is 0 Å². The summed E-state index contributed by atoms with van der Waals surface area (Å²) in [5, 5.41) is 11.7. The van der Waals surface area contributed by atoms with Crippen molar-refractivity contribution < 1.29 is 14.3 Å². The number of halogens is 1. The molecule has 2 aromatic rings. The van der Waals surface area contributed by atoms with Crippen molar-refractivity contribution in [3.8, 4) is 6.07 Å². The first kappa shape index (κ1) is 19.5. The van der Waals surface area contributed by atoms with E-state index in [2.05, 4.69) is 5.32 Å². The summed E-state index contributed by atoms with van der Waals surface area (Å²) < 4.78 is 5.22. The maximum Gasteiger partial charge on any atom is 0.307 e. The SMILES string of the molecule is C[C@H](CC(=O)O[C@H](C)C(=O)Nc1ccc(C#N)c(Cl)c1)c1ccccc1. The van der Waals surface area contributed by atoms with Crippen molar-refractivity contribution in [1.82, 2.24) is 0 Å². The molecule has 0 bridgehead atoms. The van der Waals surface area contributed by atoms with Crippen LogP contribution in [0.4, 0.5) is 5.69 Å². The molecule has 0 spiro atoms. The molecule has 0 aliphatic heterocycles. The largest absolute Gasteiger partial charge is 0.453 e. The maximum atomic E-state index is 12.2. The summed E-state index contributed by atoms with van der Waals surface area (Å²) in [7, 11) is 0. The van der Waals surface area contributed by atoms with Crippen LogP contribution in [0.15, 0.2) is 48.5 Å². The summed E-state index contributed by atoms with van der Waals surface area (Å²) >= 11 is 5.93. The minimum absolute atomic E-state index is 0.00343. The lowest BCUT2D eigenvalue weighted by Crippen LogP contribution is -2.30. The highest BCUT2D eigenvalue weighted by Crippen LogP contribution is 2.21. The average molecular weight is 371 g/mol. The summed E-state index contributed by atoms with van der Waals surface area (Å²) in [6.45, 7) is 3.44. The second-order valence-corrected chi connectivity index (χ2v) is 6.35. The van der Waals surface area contributed by atoms with Crippen molar-refractivity contribution in [2.24, 2.45) is 0 Å². The van der Waals surface area contributed by atoms with E-state index in [9.17, 15) is 9.59 Å². The van der Waals surface area contributed by atoms with Gasteiger partial charge in [0.15, 0.2) is 6.10 Å². The van der Waals surface area contributed by atoms with E-state index in [0.29, 0.717) is 11.3 Å². The van der Waals surface area contributed by atoms with Gasteiger partial charge in [-0.05, 0) is 36.6 Å². The number of anilines is 1. The van der Waals surface area contributed by atoms with E-state index in [1.807, 2.05) is 43.3 Å². The third kappa shape index (κ3) is 5.33. The Morgan fingerprint density at radius 3 is 2.50 bits per heavy atom. The molecule has 1 amide bonds. The first-order valence-electron chi connectivity index (χ1n) is 8.15. The van der Waals surface area contributed by atoms with Gasteiger partial charge in [-0.15, -0.1) is 0 Å². The monoisotopic (exact) mass is 370 g/mol. The van der Waals surface area contributed by atoms with Gasteiger partial charge in [0.1, 0.15) is 6.07 Å². The molecule has 0 heterocycles. The van der Waals surface area contributed by atoms with Crippen molar-refractivity contribution in [2.45, 2.75) is 32.3 Å². The molecule has 2 aromatic carbocycles. The number of nitrogens with zero attached hydrogens (tertiary/aromatic N) is 1. The topological polar surface area (TPSA) is 79.2 Å². The highest BCUT2D eigenvalue weighted by Gasteiger charge is 2.20. The fraction of sp³-hybridized carbons (Fsp3) is 0.250. The molecule has 26 heavy (non-hydrogen) atoms. The summed E-state index contributed by atoms with van der Waals surface area (Å²) in [6, 6.07) is 16.1. The fourth-order valence-corrected chi connectivity index (χ4v) is 2.60. The Bertz CT molecular complexity index is 831. The van der Waals surface area contributed by atoms with Crippen molar-refractivity contribution in [1.29, 1.82) is 5.26 Å². The standard InChI is InChI=1S/C20H19ClN2O3/c1-13(15-6-4-3-5-7-15)10-19(24)26-14(2)20(25)23-17-9-8-16(12-22)18(21)11-17/h3-9,11,13-14H,10H2,1-2H3,(H,23,25)/t13-,14-/m1/s1. The minimum Gasteiger partial charge on any atom is -0.453 e. The lowest BCUT2D eigenvalue weighted by Gasteiger charge is -2.16. The van der Waals surface area contributed by atoms with Gasteiger partial charge in [-0.25, -0.2) is 0 Å². The number of carbonyl (C=O) groups excluding carboxylic acids is 2. The molecular formula is C20H19ClN2O3. The van der Waals surface area contributed by atoms with Crippen LogP contribution in [0, 0.1) is 11.3 Å². The molecule has 0 aliphatic carbocycles. The van der Waals surface area contributed by atoms with E-state index in [-0.39, 0.29) is 17.4 Å². The van der Waals surface area contributed by atoms with Gasteiger partial charge < -0.3 is 10.1 Å². The number of amides is 1. The van der Waals surface area contributed by atoms with Crippen LogP contribution in [-0.2, 0) is 14.3 Å². The third-order valence-corrected chi connectivity index (χ3v) is 4.19. The van der Waals surface area contributed by atoms with Gasteiger partial charge in [0.25, 0.3) is 5.91 Å². The predicted octanol–water partition coefficient (Wildman–Crippen LogP) is 4.28. The van der Waals surface area contributed by atoms with Crippen molar-refractivity contribution in [2.75, 3.05) is 5.32 Å². The third-order valence-electron chi connectivity index (χ3n) is 3.88. The first-order chi connectivity index (χ1) is 12.4. The van der Waals surface area contributed by atoms with Crippen LogP contribution in [0.3, 0.4) is 0 Å². The van der Waals surface area contributed by atoms with Crippen LogP contribution in [0.25, 0.3) is 0 Å². The molecule has 134 valence electrons. The van der Waals surface area contributed by atoms with Gasteiger partial charge in [-0.3, -0.25) is 9.59 Å². The van der Waals surface area contributed by atoms with Crippen LogP contribution in [0.1, 0.15) is 37.3 Å². The number of esters is 1. The number of nitrogens with one attached hydrogen (secondary N) is 1. The first-order valence-corrected chi connectivity index (χ1v) is 8.53. The van der Waals surface area contributed by atoms with Gasteiger partial charge in [0.2, 0.25) is 0 Å². The van der Waals surface area contributed by atoms with Crippen molar-refractivity contribution >= 4 is 29.2 Å². The molecule has 0 saturated carbocycles. The Kier molecular flexibility index (Phi) is 6.76. The number of rotatable bonds is 6. The molecule has 1 N–H and O–H groups in total. The fourth-order valence-electron chi connectivity index (χ4n) is 2.38. The minimum atomic E-state index is -0.945. The lowest BCUT2D eigenvalue weighted by molar-refractivity contribution is -0.153. The van der Waals surface area contributed by atoms with E-state index in [1.54, 1.807) is 6.07 Å². The van der Waals surface area contributed by atoms with Gasteiger partial charge >= 0.3 is 5.97 Å². The van der Waals surface area contributed by atoms with Gasteiger partial charge in [0.05, 0.1) is 17.0 Å². The van der Waals surface area contributed by atoms with Crippen molar-refractivity contribution in [3.63, 3.8) is 0 Å². The average Bonchev–Trinajstić information content (AvgIpc) is 2.62. The molecule has 5 nitrogen and oxygen atoms in total. The van der Waals surface area contributed by atoms with Gasteiger partial charge in [-0.1, -0.05) is 48.9 Å². The number of hydrogen-bond acceptors (Lipinski definition) is 4. The van der Waals surface area contributed by atoms with E-state index < -0.39 is 18.0 Å². The van der Waals surface area contributed by atoms with Crippen LogP contribution in [0.2, 0.25) is 5.02 Å². The molecule has 2 rings (SSSR count). The Morgan fingerprint density at radius 1 is 1.19 bits per heavy atom. The van der Waals surface area contributed by atoms with E-state index in [4.69, 9.17) is 21.6 Å². The highest BCUT2D eigenvalue weighted by atomic mass is 35.5. The molecule has 6 heteroatoms. The Balaban J connectivity index is 1.89. The summed E-state index contributed by atoms with van der Waals surface area (Å²) in [4.78, 5) is 24.2. The Hall–Kier alpha value is -2.84.